The first-order chi connectivity index (χ1) is 9.49. The van der Waals surface area contributed by atoms with Gasteiger partial charge in [-0.1, -0.05) is 13.3 Å². The minimum atomic E-state index is -3.04. The van der Waals surface area contributed by atoms with Gasteiger partial charge in [0.15, 0.2) is 0 Å². The van der Waals surface area contributed by atoms with Crippen LogP contribution in [0.3, 0.4) is 0 Å². The lowest BCUT2D eigenvalue weighted by atomic mass is 9.81. The van der Waals surface area contributed by atoms with E-state index < -0.39 is 10.0 Å². The van der Waals surface area contributed by atoms with Crippen LogP contribution in [0.5, 0.6) is 0 Å². The molecule has 0 amide bonds. The predicted molar refractivity (Wildman–Crippen MR) is 82.3 cm³/mol. The van der Waals surface area contributed by atoms with Gasteiger partial charge in [0.1, 0.15) is 0 Å². The largest absolute Gasteiger partial charge is 0.314 e. The number of nitrogens with zero attached hydrogens (tertiary/aromatic N) is 1. The number of piperidine rings is 2. The van der Waals surface area contributed by atoms with E-state index in [4.69, 9.17) is 0 Å². The van der Waals surface area contributed by atoms with Gasteiger partial charge >= 0.3 is 0 Å². The Hall–Kier alpha value is -0.170. The molecule has 2 unspecified atom stereocenters. The van der Waals surface area contributed by atoms with E-state index >= 15 is 0 Å². The van der Waals surface area contributed by atoms with Crippen LogP contribution in [0.15, 0.2) is 0 Å². The third kappa shape index (κ3) is 4.69. The molecule has 2 saturated heterocycles. The molecular formula is C14H29N3O2S. The van der Waals surface area contributed by atoms with Crippen LogP contribution >= 0.6 is 0 Å². The number of sulfonamides is 1. The fourth-order valence-electron chi connectivity index (χ4n) is 3.82. The minimum Gasteiger partial charge on any atom is -0.314 e. The highest BCUT2D eigenvalue weighted by Crippen LogP contribution is 2.33. The van der Waals surface area contributed by atoms with Gasteiger partial charge in [-0.25, -0.2) is 13.1 Å². The molecule has 2 N–H and O–H groups in total. The zero-order valence-electron chi connectivity index (χ0n) is 12.8. The molecule has 0 spiro atoms. The molecular weight excluding hydrogens is 274 g/mol. The van der Waals surface area contributed by atoms with Crippen LogP contribution in [0.2, 0.25) is 0 Å². The summed E-state index contributed by atoms with van der Waals surface area (Å²) >= 11 is 0. The maximum atomic E-state index is 11.1. The number of fused-ring (bicyclic) bond motifs is 2. The molecule has 0 aromatic rings. The molecule has 2 heterocycles. The number of rotatable bonds is 7. The summed E-state index contributed by atoms with van der Waals surface area (Å²) in [6, 6.07) is 2.08. The first-order valence-electron chi connectivity index (χ1n) is 7.93. The van der Waals surface area contributed by atoms with Crippen LogP contribution in [0.4, 0.5) is 0 Å². The van der Waals surface area contributed by atoms with Crippen molar-refractivity contribution >= 4 is 10.0 Å². The second-order valence-electron chi connectivity index (χ2n) is 6.22. The van der Waals surface area contributed by atoms with Crippen molar-refractivity contribution in [3.05, 3.63) is 0 Å². The topological polar surface area (TPSA) is 61.4 Å². The van der Waals surface area contributed by atoms with Crippen molar-refractivity contribution in [3.63, 3.8) is 0 Å². The second kappa shape index (κ2) is 7.20. The van der Waals surface area contributed by atoms with E-state index in [2.05, 4.69) is 21.9 Å². The summed E-state index contributed by atoms with van der Waals surface area (Å²) in [5, 5.41) is 3.60. The fourth-order valence-corrected chi connectivity index (χ4v) is 4.33. The third-order valence-electron chi connectivity index (χ3n) is 4.58. The Morgan fingerprint density at radius 1 is 1.20 bits per heavy atom. The summed E-state index contributed by atoms with van der Waals surface area (Å²) in [6.07, 6.45) is 8.60. The van der Waals surface area contributed by atoms with E-state index in [0.29, 0.717) is 24.7 Å². The van der Waals surface area contributed by atoms with Crippen molar-refractivity contribution in [3.8, 4) is 0 Å². The first-order valence-corrected chi connectivity index (χ1v) is 9.82. The molecule has 0 aromatic carbocycles. The summed E-state index contributed by atoms with van der Waals surface area (Å²) in [4.78, 5) is 2.64. The molecule has 2 atom stereocenters. The standard InChI is InChI=1S/C14H29N3O2S/c1-3-15-12-10-13-6-4-7-14(11-12)17(13)9-5-8-16-20(2,18)19/h12-16H,3-11H2,1-2H3. The molecule has 6 heteroatoms. The van der Waals surface area contributed by atoms with Crippen molar-refractivity contribution < 1.29 is 8.42 Å². The highest BCUT2D eigenvalue weighted by Gasteiger charge is 2.37. The van der Waals surface area contributed by atoms with Gasteiger partial charge in [0.25, 0.3) is 0 Å². The van der Waals surface area contributed by atoms with Crippen LogP contribution in [-0.2, 0) is 10.0 Å². The zero-order valence-corrected chi connectivity index (χ0v) is 13.6. The van der Waals surface area contributed by atoms with Crippen molar-refractivity contribution in [1.82, 2.24) is 14.9 Å². The first kappa shape index (κ1) is 16.2. The van der Waals surface area contributed by atoms with Gasteiger partial charge in [0, 0.05) is 24.7 Å². The zero-order chi connectivity index (χ0) is 14.6. The molecule has 5 nitrogen and oxygen atoms in total. The SMILES string of the molecule is CCNC1CC2CCCC(C1)N2CCCNS(C)(=O)=O. The second-order valence-corrected chi connectivity index (χ2v) is 8.06. The smallest absolute Gasteiger partial charge is 0.208 e. The number of hydrogen-bond acceptors (Lipinski definition) is 4. The summed E-state index contributed by atoms with van der Waals surface area (Å²) in [6.45, 7) is 4.82. The van der Waals surface area contributed by atoms with Crippen molar-refractivity contribution in [1.29, 1.82) is 0 Å². The van der Waals surface area contributed by atoms with Gasteiger partial charge in [-0.15, -0.1) is 0 Å². The molecule has 2 aliphatic rings. The van der Waals surface area contributed by atoms with Crippen molar-refractivity contribution in [2.24, 2.45) is 0 Å². The number of hydrogen-bond donors (Lipinski definition) is 2. The summed E-state index contributed by atoms with van der Waals surface area (Å²) in [7, 11) is -3.04. The van der Waals surface area contributed by atoms with Gasteiger partial charge < -0.3 is 5.32 Å². The Kier molecular flexibility index (Phi) is 5.84. The average Bonchev–Trinajstić information content (AvgIpc) is 2.34. The minimum absolute atomic E-state index is 0.561. The Morgan fingerprint density at radius 3 is 2.40 bits per heavy atom. The maximum absolute atomic E-state index is 11.1. The molecule has 2 bridgehead atoms. The lowest BCUT2D eigenvalue weighted by Gasteiger charge is -2.49. The molecule has 0 saturated carbocycles. The molecule has 2 rings (SSSR count). The lowest BCUT2D eigenvalue weighted by molar-refractivity contribution is 0.0245. The van der Waals surface area contributed by atoms with Crippen LogP contribution in [0, 0.1) is 0 Å². The summed E-state index contributed by atoms with van der Waals surface area (Å²) < 4.78 is 24.7. The van der Waals surface area contributed by atoms with Crippen LogP contribution < -0.4 is 10.0 Å². The van der Waals surface area contributed by atoms with Gasteiger partial charge in [-0.2, -0.15) is 0 Å². The highest BCUT2D eigenvalue weighted by molar-refractivity contribution is 7.88. The molecule has 0 aromatic heterocycles. The highest BCUT2D eigenvalue weighted by atomic mass is 32.2. The molecule has 0 aliphatic carbocycles. The maximum Gasteiger partial charge on any atom is 0.208 e. The fraction of sp³-hybridized carbons (Fsp3) is 1.00. The van der Waals surface area contributed by atoms with Crippen molar-refractivity contribution in [2.75, 3.05) is 25.9 Å². The van der Waals surface area contributed by atoms with E-state index in [1.165, 1.54) is 38.4 Å². The molecule has 20 heavy (non-hydrogen) atoms. The Morgan fingerprint density at radius 2 is 1.85 bits per heavy atom. The predicted octanol–water partition coefficient (Wildman–Crippen LogP) is 0.921. The summed E-state index contributed by atoms with van der Waals surface area (Å²) in [5.74, 6) is 0. The third-order valence-corrected chi connectivity index (χ3v) is 5.30. The summed E-state index contributed by atoms with van der Waals surface area (Å²) in [5.41, 5.74) is 0. The van der Waals surface area contributed by atoms with Crippen LogP contribution in [0.25, 0.3) is 0 Å². The van der Waals surface area contributed by atoms with Gasteiger partial charge in [0.05, 0.1) is 6.26 Å². The van der Waals surface area contributed by atoms with Crippen LogP contribution in [0.1, 0.15) is 45.4 Å². The molecule has 2 aliphatic heterocycles. The van der Waals surface area contributed by atoms with E-state index in [9.17, 15) is 8.42 Å². The molecule has 118 valence electrons. The Balaban J connectivity index is 1.80. The van der Waals surface area contributed by atoms with Crippen LogP contribution in [-0.4, -0.2) is 57.3 Å². The molecule has 0 radical (unpaired) electrons. The lowest BCUT2D eigenvalue weighted by Crippen LogP contribution is -2.56. The van der Waals surface area contributed by atoms with E-state index in [0.717, 1.165) is 19.5 Å². The Bertz CT molecular complexity index is 385. The Labute approximate surface area is 123 Å². The monoisotopic (exact) mass is 303 g/mol. The van der Waals surface area contributed by atoms with E-state index in [1.54, 1.807) is 0 Å². The molecule has 2 fully saturated rings. The van der Waals surface area contributed by atoms with Gasteiger partial charge in [0.2, 0.25) is 10.0 Å². The van der Waals surface area contributed by atoms with Crippen molar-refractivity contribution in [2.45, 2.75) is 63.6 Å². The van der Waals surface area contributed by atoms with Gasteiger partial charge in [-0.05, 0) is 45.2 Å². The quantitative estimate of drug-likeness (QED) is 0.687. The average molecular weight is 303 g/mol. The van der Waals surface area contributed by atoms with E-state index in [-0.39, 0.29) is 0 Å². The normalized spacial score (nSPS) is 31.4. The van der Waals surface area contributed by atoms with E-state index in [1.807, 2.05) is 0 Å². The number of nitrogens with one attached hydrogen (secondary N) is 2. The van der Waals surface area contributed by atoms with Gasteiger partial charge in [-0.3, -0.25) is 4.90 Å².